The van der Waals surface area contributed by atoms with Gasteiger partial charge in [0.2, 0.25) is 0 Å². The quantitative estimate of drug-likeness (QED) is 0.363. The van der Waals surface area contributed by atoms with Crippen LogP contribution in [0.5, 0.6) is 0 Å². The molecule has 34 heavy (non-hydrogen) atoms. The first-order valence-electron chi connectivity index (χ1n) is 12.4. The Morgan fingerprint density at radius 1 is 0.971 bits per heavy atom. The maximum Gasteiger partial charge on any atom is 0.260 e. The Labute approximate surface area is 204 Å². The molecule has 1 heterocycles. The first-order valence-corrected chi connectivity index (χ1v) is 12.4. The summed E-state index contributed by atoms with van der Waals surface area (Å²) in [5, 5.41) is 9.73. The average Bonchev–Trinajstić information content (AvgIpc) is 2.82. The summed E-state index contributed by atoms with van der Waals surface area (Å²) in [6, 6.07) is 20.7. The average molecular weight is 456 g/mol. The lowest BCUT2D eigenvalue weighted by atomic mass is 9.97. The highest BCUT2D eigenvalue weighted by Gasteiger charge is 2.21. The van der Waals surface area contributed by atoms with Gasteiger partial charge in [-0.2, -0.15) is 5.26 Å². The van der Waals surface area contributed by atoms with Crippen LogP contribution in [0.15, 0.2) is 59.4 Å². The van der Waals surface area contributed by atoms with E-state index in [1.807, 2.05) is 53.1 Å². The molecule has 3 aromatic rings. The summed E-state index contributed by atoms with van der Waals surface area (Å²) in [5.74, 6) is 0. The minimum absolute atomic E-state index is 0.0410. The van der Waals surface area contributed by atoms with Gasteiger partial charge in [-0.1, -0.05) is 49.7 Å². The van der Waals surface area contributed by atoms with E-state index in [2.05, 4.69) is 58.6 Å². The standard InChI is InChI=1S/C30H37N3O/c1-7-8-14-25-18-23(6)28(20-32(21(2)3)22(4)5)30(34)33(25)29-17-12-11-16-27(29)26-15-10-9-13-24(26)19-31/h9-13,15-18,21-22H,7-8,14,20H2,1-6H3. The van der Waals surface area contributed by atoms with E-state index in [4.69, 9.17) is 0 Å². The largest absolute Gasteiger partial charge is 0.294 e. The molecule has 0 amide bonds. The van der Waals surface area contributed by atoms with Crippen LogP contribution in [-0.2, 0) is 13.0 Å². The van der Waals surface area contributed by atoms with Crippen LogP contribution >= 0.6 is 0 Å². The van der Waals surface area contributed by atoms with Gasteiger partial charge in [0.1, 0.15) is 0 Å². The molecule has 0 bridgehead atoms. The fourth-order valence-corrected chi connectivity index (χ4v) is 4.69. The van der Waals surface area contributed by atoms with E-state index >= 15 is 0 Å². The molecule has 0 unspecified atom stereocenters. The summed E-state index contributed by atoms with van der Waals surface area (Å²) in [4.78, 5) is 16.5. The van der Waals surface area contributed by atoms with Crippen molar-refractivity contribution >= 4 is 0 Å². The number of hydrogen-bond acceptors (Lipinski definition) is 3. The molecule has 3 rings (SSSR count). The molecule has 1 aromatic heterocycles. The van der Waals surface area contributed by atoms with Crippen molar-refractivity contribution < 1.29 is 0 Å². The second kappa shape index (κ2) is 11.3. The van der Waals surface area contributed by atoms with Gasteiger partial charge in [0.25, 0.3) is 5.56 Å². The van der Waals surface area contributed by atoms with Crippen LogP contribution < -0.4 is 5.56 Å². The van der Waals surface area contributed by atoms with Crippen LogP contribution in [0.4, 0.5) is 0 Å². The van der Waals surface area contributed by atoms with Crippen molar-refractivity contribution in [2.24, 2.45) is 0 Å². The number of nitrogens with zero attached hydrogens (tertiary/aromatic N) is 3. The Morgan fingerprint density at radius 3 is 2.21 bits per heavy atom. The van der Waals surface area contributed by atoms with Gasteiger partial charge < -0.3 is 0 Å². The predicted molar refractivity (Wildman–Crippen MR) is 141 cm³/mol. The number of hydrogen-bond donors (Lipinski definition) is 0. The van der Waals surface area contributed by atoms with Gasteiger partial charge in [-0.05, 0) is 71.2 Å². The number of rotatable bonds is 9. The van der Waals surface area contributed by atoms with Gasteiger partial charge in [-0.3, -0.25) is 14.3 Å². The number of aromatic nitrogens is 1. The van der Waals surface area contributed by atoms with Gasteiger partial charge in [-0.25, -0.2) is 0 Å². The summed E-state index contributed by atoms with van der Waals surface area (Å²) in [6.07, 6.45) is 2.90. The third-order valence-corrected chi connectivity index (χ3v) is 6.54. The lowest BCUT2D eigenvalue weighted by molar-refractivity contribution is 0.165. The van der Waals surface area contributed by atoms with Gasteiger partial charge in [-0.15, -0.1) is 0 Å². The van der Waals surface area contributed by atoms with E-state index in [1.54, 1.807) is 0 Å². The summed E-state index contributed by atoms with van der Waals surface area (Å²) >= 11 is 0. The van der Waals surface area contributed by atoms with Crippen LogP contribution in [-0.4, -0.2) is 21.6 Å². The van der Waals surface area contributed by atoms with Crippen molar-refractivity contribution in [1.82, 2.24) is 9.47 Å². The molecule has 0 N–H and O–H groups in total. The van der Waals surface area contributed by atoms with Gasteiger partial charge >= 0.3 is 0 Å². The number of nitriles is 1. The monoisotopic (exact) mass is 455 g/mol. The summed E-state index contributed by atoms with van der Waals surface area (Å²) in [6.45, 7) is 13.6. The Hall–Kier alpha value is -3.16. The zero-order chi connectivity index (χ0) is 24.8. The van der Waals surface area contributed by atoms with Crippen molar-refractivity contribution in [1.29, 1.82) is 5.26 Å². The molecule has 0 fully saturated rings. The Kier molecular flexibility index (Phi) is 8.47. The van der Waals surface area contributed by atoms with Crippen LogP contribution in [0.2, 0.25) is 0 Å². The van der Waals surface area contributed by atoms with Crippen molar-refractivity contribution in [2.75, 3.05) is 0 Å². The highest BCUT2D eigenvalue weighted by molar-refractivity contribution is 5.77. The van der Waals surface area contributed by atoms with Crippen LogP contribution in [0.1, 0.15) is 69.8 Å². The third-order valence-electron chi connectivity index (χ3n) is 6.54. The molecule has 0 saturated heterocycles. The smallest absolute Gasteiger partial charge is 0.260 e. The van der Waals surface area contributed by atoms with Crippen molar-refractivity contribution in [3.8, 4) is 22.9 Å². The molecule has 2 aromatic carbocycles. The molecule has 0 aliphatic rings. The molecule has 0 atom stereocenters. The molecule has 0 aliphatic heterocycles. The van der Waals surface area contributed by atoms with Crippen LogP contribution in [0, 0.1) is 18.3 Å². The molecular weight excluding hydrogens is 418 g/mol. The normalized spacial score (nSPS) is 11.4. The number of para-hydroxylation sites is 1. The summed E-state index contributed by atoms with van der Waals surface area (Å²) in [5.41, 5.74) is 6.15. The van der Waals surface area contributed by atoms with E-state index in [1.165, 1.54) is 0 Å². The lowest BCUT2D eigenvalue weighted by Crippen LogP contribution is -2.39. The second-order valence-corrected chi connectivity index (χ2v) is 9.58. The molecule has 4 nitrogen and oxygen atoms in total. The van der Waals surface area contributed by atoms with Gasteiger partial charge in [0, 0.05) is 41.0 Å². The molecule has 178 valence electrons. The van der Waals surface area contributed by atoms with Crippen LogP contribution in [0.25, 0.3) is 16.8 Å². The topological polar surface area (TPSA) is 49.0 Å². The highest BCUT2D eigenvalue weighted by atomic mass is 16.1. The van der Waals surface area contributed by atoms with E-state index in [-0.39, 0.29) is 5.56 Å². The number of unbranched alkanes of at least 4 members (excludes halogenated alkanes) is 1. The van der Waals surface area contributed by atoms with E-state index < -0.39 is 0 Å². The highest BCUT2D eigenvalue weighted by Crippen LogP contribution is 2.30. The maximum atomic E-state index is 14.2. The fourth-order valence-electron chi connectivity index (χ4n) is 4.69. The van der Waals surface area contributed by atoms with E-state index in [9.17, 15) is 10.1 Å². The van der Waals surface area contributed by atoms with Crippen molar-refractivity contribution in [3.63, 3.8) is 0 Å². The molecular formula is C30H37N3O. The predicted octanol–water partition coefficient (Wildman–Crippen LogP) is 6.65. The van der Waals surface area contributed by atoms with Crippen molar-refractivity contribution in [3.05, 3.63) is 87.3 Å². The maximum absolute atomic E-state index is 14.2. The molecule has 4 heteroatoms. The number of benzene rings is 2. The molecule has 0 saturated carbocycles. The van der Waals surface area contributed by atoms with Crippen molar-refractivity contribution in [2.45, 2.75) is 79.4 Å². The SMILES string of the molecule is CCCCc1cc(C)c(CN(C(C)C)C(C)C)c(=O)n1-c1ccccc1-c1ccccc1C#N. The molecule has 0 aliphatic carbocycles. The second-order valence-electron chi connectivity index (χ2n) is 9.58. The van der Waals surface area contributed by atoms with Gasteiger partial charge in [0.15, 0.2) is 0 Å². The van der Waals surface area contributed by atoms with Crippen LogP contribution in [0.3, 0.4) is 0 Å². The Bertz CT molecular complexity index is 1220. The zero-order valence-electron chi connectivity index (χ0n) is 21.4. The Morgan fingerprint density at radius 2 is 1.59 bits per heavy atom. The molecule has 0 spiro atoms. The minimum atomic E-state index is 0.0410. The third kappa shape index (κ3) is 5.32. The summed E-state index contributed by atoms with van der Waals surface area (Å²) in [7, 11) is 0. The van der Waals surface area contributed by atoms with Gasteiger partial charge in [0.05, 0.1) is 17.3 Å². The zero-order valence-corrected chi connectivity index (χ0v) is 21.4. The number of aryl methyl sites for hydroxylation is 2. The number of pyridine rings is 1. The molecule has 0 radical (unpaired) electrons. The first kappa shape index (κ1) is 25.5. The Balaban J connectivity index is 2.30. The summed E-state index contributed by atoms with van der Waals surface area (Å²) < 4.78 is 1.90. The van der Waals surface area contributed by atoms with E-state index in [0.29, 0.717) is 24.2 Å². The minimum Gasteiger partial charge on any atom is -0.294 e. The fraction of sp³-hybridized carbons (Fsp3) is 0.400. The first-order chi connectivity index (χ1) is 16.3. The van der Waals surface area contributed by atoms with E-state index in [0.717, 1.165) is 52.9 Å². The lowest BCUT2D eigenvalue weighted by Gasteiger charge is -2.31.